The number of benzene rings is 1. The smallest absolute Gasteiger partial charge is 0.243 e. The summed E-state index contributed by atoms with van der Waals surface area (Å²) in [5, 5.41) is 3.44. The van der Waals surface area contributed by atoms with Gasteiger partial charge in [0.05, 0.1) is 11.4 Å². The van der Waals surface area contributed by atoms with E-state index in [0.717, 1.165) is 48.1 Å². The first-order chi connectivity index (χ1) is 14.7. The molecule has 1 N–H and O–H groups in total. The quantitative estimate of drug-likeness (QED) is 0.757. The Balaban J connectivity index is 1.17. The molecule has 31 heavy (non-hydrogen) atoms. The second kappa shape index (κ2) is 7.85. The normalized spacial score (nSPS) is 33.5. The molecule has 6 rings (SSSR count). The number of aryl methyl sites for hydroxylation is 2. The number of amides is 1. The zero-order chi connectivity index (χ0) is 21.8. The van der Waals surface area contributed by atoms with Gasteiger partial charge in [0.1, 0.15) is 0 Å². The van der Waals surface area contributed by atoms with Crippen molar-refractivity contribution in [2.75, 3.05) is 32.7 Å². The van der Waals surface area contributed by atoms with E-state index in [-0.39, 0.29) is 11.4 Å². The van der Waals surface area contributed by atoms with Crippen LogP contribution in [0.15, 0.2) is 23.1 Å². The molecule has 0 aromatic heterocycles. The van der Waals surface area contributed by atoms with Crippen LogP contribution in [-0.2, 0) is 14.8 Å². The molecule has 5 aliphatic rings. The van der Waals surface area contributed by atoms with E-state index in [1.807, 2.05) is 26.0 Å². The summed E-state index contributed by atoms with van der Waals surface area (Å²) in [6.45, 7) is 6.19. The van der Waals surface area contributed by atoms with Crippen molar-refractivity contribution in [3.8, 4) is 0 Å². The molecule has 5 fully saturated rings. The minimum Gasteiger partial charge on any atom is -0.350 e. The fraction of sp³-hybridized carbons (Fsp3) is 0.708. The largest absolute Gasteiger partial charge is 0.350 e. The second-order valence-corrected chi connectivity index (χ2v) is 12.6. The van der Waals surface area contributed by atoms with Crippen molar-refractivity contribution in [1.82, 2.24) is 14.5 Å². The van der Waals surface area contributed by atoms with Crippen molar-refractivity contribution < 1.29 is 13.2 Å². The maximum absolute atomic E-state index is 13.1. The van der Waals surface area contributed by atoms with E-state index < -0.39 is 10.0 Å². The fourth-order valence-electron chi connectivity index (χ4n) is 7.05. The van der Waals surface area contributed by atoms with Crippen molar-refractivity contribution in [3.05, 3.63) is 29.3 Å². The molecule has 1 aromatic rings. The molecular weight excluding hydrogens is 410 g/mol. The maximum Gasteiger partial charge on any atom is 0.243 e. The topological polar surface area (TPSA) is 69.7 Å². The second-order valence-electron chi connectivity index (χ2n) is 10.7. The third-order valence-electron chi connectivity index (χ3n) is 8.10. The van der Waals surface area contributed by atoms with Crippen molar-refractivity contribution in [1.29, 1.82) is 0 Å². The SMILES string of the molecule is Cc1ccc(C)c(S(=O)(=O)N2CCN(CC(=O)NC34CC5CC(CC(C5)C3)C4)CC2)c1. The lowest BCUT2D eigenvalue weighted by molar-refractivity contribution is -0.128. The van der Waals surface area contributed by atoms with Crippen molar-refractivity contribution in [3.63, 3.8) is 0 Å². The third kappa shape index (κ3) is 4.16. The summed E-state index contributed by atoms with van der Waals surface area (Å²) in [5.74, 6) is 2.55. The highest BCUT2D eigenvalue weighted by atomic mass is 32.2. The molecule has 4 bridgehead atoms. The molecule has 1 amide bonds. The zero-order valence-electron chi connectivity index (χ0n) is 18.8. The molecule has 170 valence electrons. The van der Waals surface area contributed by atoms with Crippen LogP contribution >= 0.6 is 0 Å². The summed E-state index contributed by atoms with van der Waals surface area (Å²) in [4.78, 5) is 15.4. The minimum atomic E-state index is -3.50. The van der Waals surface area contributed by atoms with Crippen LogP contribution in [0.1, 0.15) is 49.7 Å². The lowest BCUT2D eigenvalue weighted by Crippen LogP contribution is -2.61. The Kier molecular flexibility index (Phi) is 5.42. The highest BCUT2D eigenvalue weighted by Crippen LogP contribution is 2.55. The Morgan fingerprint density at radius 2 is 1.58 bits per heavy atom. The Morgan fingerprint density at radius 3 is 2.16 bits per heavy atom. The minimum absolute atomic E-state index is 0.0414. The van der Waals surface area contributed by atoms with E-state index in [0.29, 0.717) is 37.6 Å². The van der Waals surface area contributed by atoms with Gasteiger partial charge < -0.3 is 5.32 Å². The third-order valence-corrected chi connectivity index (χ3v) is 10.1. The number of hydrogen-bond donors (Lipinski definition) is 1. The van der Waals surface area contributed by atoms with E-state index in [9.17, 15) is 13.2 Å². The number of piperazine rings is 1. The van der Waals surface area contributed by atoms with Gasteiger partial charge in [-0.1, -0.05) is 12.1 Å². The molecule has 0 radical (unpaired) electrons. The first kappa shape index (κ1) is 21.4. The summed E-state index contributed by atoms with van der Waals surface area (Å²) in [6.07, 6.45) is 7.58. The molecular formula is C24H35N3O3S. The maximum atomic E-state index is 13.1. The predicted molar refractivity (Wildman–Crippen MR) is 120 cm³/mol. The fourth-order valence-corrected chi connectivity index (χ4v) is 8.79. The number of sulfonamides is 1. The van der Waals surface area contributed by atoms with E-state index in [1.54, 1.807) is 10.4 Å². The van der Waals surface area contributed by atoms with Crippen molar-refractivity contribution in [2.45, 2.75) is 62.8 Å². The number of carbonyl (C=O) groups excluding carboxylic acids is 1. The first-order valence-corrected chi connectivity index (χ1v) is 13.3. The van der Waals surface area contributed by atoms with Crippen molar-refractivity contribution >= 4 is 15.9 Å². The van der Waals surface area contributed by atoms with Crippen LogP contribution in [0.5, 0.6) is 0 Å². The predicted octanol–water partition coefficient (Wildman–Crippen LogP) is 2.69. The zero-order valence-corrected chi connectivity index (χ0v) is 19.6. The Hall–Kier alpha value is -1.44. The number of hydrogen-bond acceptors (Lipinski definition) is 4. The van der Waals surface area contributed by atoms with E-state index in [4.69, 9.17) is 0 Å². The number of carbonyl (C=O) groups is 1. The number of nitrogens with zero attached hydrogens (tertiary/aromatic N) is 2. The summed E-state index contributed by atoms with van der Waals surface area (Å²) in [7, 11) is -3.50. The molecule has 0 spiro atoms. The Bertz CT molecular complexity index is 931. The number of rotatable bonds is 5. The molecule has 4 saturated carbocycles. The molecule has 6 nitrogen and oxygen atoms in total. The van der Waals surface area contributed by atoms with Crippen LogP contribution in [0.2, 0.25) is 0 Å². The van der Waals surface area contributed by atoms with Crippen LogP contribution in [-0.4, -0.2) is 61.8 Å². The average molecular weight is 446 g/mol. The van der Waals surface area contributed by atoms with E-state index >= 15 is 0 Å². The van der Waals surface area contributed by atoms with Crippen molar-refractivity contribution in [2.24, 2.45) is 17.8 Å². The van der Waals surface area contributed by atoms with E-state index in [2.05, 4.69) is 10.2 Å². The van der Waals surface area contributed by atoms with Gasteiger partial charge in [-0.05, 0) is 87.3 Å². The van der Waals surface area contributed by atoms with Gasteiger partial charge in [0.2, 0.25) is 15.9 Å². The van der Waals surface area contributed by atoms with Gasteiger partial charge in [0.25, 0.3) is 0 Å². The van der Waals surface area contributed by atoms with Gasteiger partial charge in [0.15, 0.2) is 0 Å². The van der Waals surface area contributed by atoms with E-state index in [1.165, 1.54) is 19.3 Å². The highest BCUT2D eigenvalue weighted by Gasteiger charge is 2.51. The summed E-state index contributed by atoms with van der Waals surface area (Å²) >= 11 is 0. The van der Waals surface area contributed by atoms with Crippen LogP contribution in [0, 0.1) is 31.6 Å². The molecule has 1 aliphatic heterocycles. The molecule has 1 heterocycles. The molecule has 7 heteroatoms. The van der Waals surface area contributed by atoms with Gasteiger partial charge in [-0.25, -0.2) is 8.42 Å². The Labute approximate surface area is 186 Å². The molecule has 1 aromatic carbocycles. The van der Waals surface area contributed by atoms with Gasteiger partial charge in [-0.3, -0.25) is 9.69 Å². The van der Waals surface area contributed by atoms with Gasteiger partial charge in [-0.2, -0.15) is 4.31 Å². The van der Waals surface area contributed by atoms with Gasteiger partial charge in [-0.15, -0.1) is 0 Å². The Morgan fingerprint density at radius 1 is 1.00 bits per heavy atom. The highest BCUT2D eigenvalue weighted by molar-refractivity contribution is 7.89. The van der Waals surface area contributed by atoms with Crippen LogP contribution in [0.4, 0.5) is 0 Å². The first-order valence-electron chi connectivity index (χ1n) is 11.8. The summed E-state index contributed by atoms with van der Waals surface area (Å²) < 4.78 is 27.8. The molecule has 4 aliphatic carbocycles. The lowest BCUT2D eigenvalue weighted by Gasteiger charge is -2.57. The molecule has 1 saturated heterocycles. The lowest BCUT2D eigenvalue weighted by atomic mass is 9.53. The summed E-state index contributed by atoms with van der Waals surface area (Å²) in [6, 6.07) is 5.57. The molecule has 0 unspecified atom stereocenters. The van der Waals surface area contributed by atoms with Gasteiger partial charge >= 0.3 is 0 Å². The molecule has 0 atom stereocenters. The standard InChI is InChI=1S/C24H35N3O3S/c1-17-3-4-18(2)22(9-17)31(29,30)27-7-5-26(6-8-27)16-23(28)25-24-13-19-10-20(14-24)12-21(11-19)15-24/h3-4,9,19-21H,5-8,10-16H2,1-2H3,(H,25,28). The van der Waals surface area contributed by atoms with Crippen LogP contribution in [0.3, 0.4) is 0 Å². The van der Waals surface area contributed by atoms with Crippen LogP contribution in [0.25, 0.3) is 0 Å². The number of nitrogens with one attached hydrogen (secondary N) is 1. The average Bonchev–Trinajstić information content (AvgIpc) is 2.68. The summed E-state index contributed by atoms with van der Waals surface area (Å²) in [5.41, 5.74) is 1.77. The monoisotopic (exact) mass is 445 g/mol. The van der Waals surface area contributed by atoms with Gasteiger partial charge in [0, 0.05) is 31.7 Å². The van der Waals surface area contributed by atoms with Crippen LogP contribution < -0.4 is 5.32 Å².